The van der Waals surface area contributed by atoms with Crippen LogP contribution in [0.25, 0.3) is 0 Å². The van der Waals surface area contributed by atoms with Gasteiger partial charge >= 0.3 is 0 Å². The number of benzene rings is 2. The number of methoxy groups -OCH3 is 2. The van der Waals surface area contributed by atoms with Crippen LogP contribution in [-0.4, -0.2) is 32.4 Å². The summed E-state index contributed by atoms with van der Waals surface area (Å²) in [4.78, 5) is 11.8. The van der Waals surface area contributed by atoms with Crippen molar-refractivity contribution in [3.05, 3.63) is 54.1 Å². The number of para-hydroxylation sites is 1. The van der Waals surface area contributed by atoms with Crippen molar-refractivity contribution in [3.63, 3.8) is 0 Å². The molecule has 6 nitrogen and oxygen atoms in total. The SMILES string of the molecule is COc1ccc(OCC(=O)N/N=C(/C)c2ccccc2OC)cc1. The molecule has 0 heterocycles. The van der Waals surface area contributed by atoms with Crippen molar-refractivity contribution in [1.82, 2.24) is 5.43 Å². The normalized spacial score (nSPS) is 10.9. The zero-order valence-corrected chi connectivity index (χ0v) is 13.9. The summed E-state index contributed by atoms with van der Waals surface area (Å²) >= 11 is 0. The number of ether oxygens (including phenoxy) is 3. The van der Waals surface area contributed by atoms with E-state index in [1.54, 1.807) is 45.4 Å². The van der Waals surface area contributed by atoms with Crippen LogP contribution < -0.4 is 19.6 Å². The van der Waals surface area contributed by atoms with E-state index < -0.39 is 0 Å². The summed E-state index contributed by atoms with van der Waals surface area (Å²) in [6.45, 7) is 1.66. The van der Waals surface area contributed by atoms with Gasteiger partial charge in [0.25, 0.3) is 5.91 Å². The van der Waals surface area contributed by atoms with Gasteiger partial charge in [-0.05, 0) is 43.3 Å². The Bertz CT molecular complexity index is 711. The first kappa shape index (κ1) is 17.3. The molecular weight excluding hydrogens is 308 g/mol. The summed E-state index contributed by atoms with van der Waals surface area (Å²) in [5.74, 6) is 1.66. The quantitative estimate of drug-likeness (QED) is 0.626. The molecule has 0 aliphatic carbocycles. The van der Waals surface area contributed by atoms with Crippen LogP contribution in [0.15, 0.2) is 53.6 Å². The van der Waals surface area contributed by atoms with Gasteiger partial charge in [0.1, 0.15) is 17.2 Å². The summed E-state index contributed by atoms with van der Waals surface area (Å²) in [6, 6.07) is 14.4. The molecule has 24 heavy (non-hydrogen) atoms. The summed E-state index contributed by atoms with van der Waals surface area (Å²) in [5, 5.41) is 4.08. The molecule has 1 amide bonds. The molecule has 0 bridgehead atoms. The molecule has 0 spiro atoms. The smallest absolute Gasteiger partial charge is 0.277 e. The number of nitrogens with one attached hydrogen (secondary N) is 1. The van der Waals surface area contributed by atoms with Crippen LogP contribution in [0, 0.1) is 0 Å². The second-order valence-corrected chi connectivity index (χ2v) is 4.90. The van der Waals surface area contributed by atoms with E-state index in [1.165, 1.54) is 0 Å². The van der Waals surface area contributed by atoms with Crippen LogP contribution >= 0.6 is 0 Å². The maximum atomic E-state index is 11.8. The predicted octanol–water partition coefficient (Wildman–Crippen LogP) is 2.62. The standard InChI is InChI=1S/C18H20N2O4/c1-13(16-6-4-5-7-17(16)23-3)19-20-18(21)12-24-15-10-8-14(22-2)9-11-15/h4-11H,12H2,1-3H3,(H,20,21)/b19-13-. The Morgan fingerprint density at radius 2 is 1.67 bits per heavy atom. The van der Waals surface area contributed by atoms with E-state index in [9.17, 15) is 4.79 Å². The van der Waals surface area contributed by atoms with Crippen LogP contribution in [0.3, 0.4) is 0 Å². The minimum absolute atomic E-state index is 0.130. The lowest BCUT2D eigenvalue weighted by molar-refractivity contribution is -0.123. The molecule has 0 unspecified atom stereocenters. The molecule has 0 saturated heterocycles. The van der Waals surface area contributed by atoms with Gasteiger partial charge in [-0.15, -0.1) is 0 Å². The topological polar surface area (TPSA) is 69.2 Å². The molecule has 0 aliphatic rings. The number of hydrogen-bond donors (Lipinski definition) is 1. The van der Waals surface area contributed by atoms with E-state index in [4.69, 9.17) is 14.2 Å². The van der Waals surface area contributed by atoms with E-state index in [0.29, 0.717) is 17.2 Å². The van der Waals surface area contributed by atoms with E-state index in [1.807, 2.05) is 24.3 Å². The van der Waals surface area contributed by atoms with Crippen molar-refractivity contribution in [2.24, 2.45) is 5.10 Å². The molecule has 126 valence electrons. The largest absolute Gasteiger partial charge is 0.497 e. The summed E-state index contributed by atoms with van der Waals surface area (Å²) in [6.07, 6.45) is 0. The average Bonchev–Trinajstić information content (AvgIpc) is 2.64. The highest BCUT2D eigenvalue weighted by molar-refractivity contribution is 6.01. The minimum Gasteiger partial charge on any atom is -0.497 e. The van der Waals surface area contributed by atoms with Gasteiger partial charge in [0.15, 0.2) is 6.61 Å². The monoisotopic (exact) mass is 328 g/mol. The second kappa shape index (κ2) is 8.57. The molecular formula is C18H20N2O4. The van der Waals surface area contributed by atoms with Gasteiger partial charge < -0.3 is 14.2 Å². The second-order valence-electron chi connectivity index (χ2n) is 4.90. The van der Waals surface area contributed by atoms with Gasteiger partial charge in [-0.2, -0.15) is 5.10 Å². The van der Waals surface area contributed by atoms with Gasteiger partial charge in [-0.1, -0.05) is 12.1 Å². The Kier molecular flexibility index (Phi) is 6.19. The molecule has 0 saturated carbocycles. The minimum atomic E-state index is -0.347. The van der Waals surface area contributed by atoms with Crippen molar-refractivity contribution in [1.29, 1.82) is 0 Å². The lowest BCUT2D eigenvalue weighted by Gasteiger charge is -2.08. The molecule has 0 aromatic heterocycles. The Labute approximate surface area is 141 Å². The Morgan fingerprint density at radius 3 is 2.33 bits per heavy atom. The van der Waals surface area contributed by atoms with Crippen LogP contribution in [-0.2, 0) is 4.79 Å². The zero-order valence-electron chi connectivity index (χ0n) is 13.9. The van der Waals surface area contributed by atoms with Crippen molar-refractivity contribution < 1.29 is 19.0 Å². The number of carbonyl (C=O) groups is 1. The number of carbonyl (C=O) groups excluding carboxylic acids is 1. The van der Waals surface area contributed by atoms with Crippen molar-refractivity contribution in [3.8, 4) is 17.2 Å². The first-order valence-corrected chi connectivity index (χ1v) is 7.37. The number of hydrogen-bond acceptors (Lipinski definition) is 5. The molecule has 0 atom stereocenters. The maximum absolute atomic E-state index is 11.8. The summed E-state index contributed by atoms with van der Waals surface area (Å²) in [5.41, 5.74) is 3.93. The molecule has 2 aromatic carbocycles. The van der Waals surface area contributed by atoms with Gasteiger partial charge in [-0.3, -0.25) is 4.79 Å². The molecule has 0 fully saturated rings. The lowest BCUT2D eigenvalue weighted by atomic mass is 10.1. The third-order valence-corrected chi connectivity index (χ3v) is 3.27. The number of hydrazone groups is 1. The van der Waals surface area contributed by atoms with Crippen LogP contribution in [0.5, 0.6) is 17.2 Å². The highest BCUT2D eigenvalue weighted by atomic mass is 16.5. The average molecular weight is 328 g/mol. The summed E-state index contributed by atoms with van der Waals surface area (Å²) < 4.78 is 15.7. The lowest BCUT2D eigenvalue weighted by Crippen LogP contribution is -2.25. The van der Waals surface area contributed by atoms with Crippen LogP contribution in [0.2, 0.25) is 0 Å². The fraction of sp³-hybridized carbons (Fsp3) is 0.222. The molecule has 2 rings (SSSR count). The maximum Gasteiger partial charge on any atom is 0.277 e. The first-order valence-electron chi connectivity index (χ1n) is 7.37. The molecule has 0 radical (unpaired) electrons. The first-order chi connectivity index (χ1) is 11.6. The molecule has 6 heteroatoms. The van der Waals surface area contributed by atoms with Gasteiger partial charge in [0, 0.05) is 5.56 Å². The highest BCUT2D eigenvalue weighted by Crippen LogP contribution is 2.18. The molecule has 2 aromatic rings. The van der Waals surface area contributed by atoms with Gasteiger partial charge in [0.05, 0.1) is 19.9 Å². The molecule has 0 aliphatic heterocycles. The zero-order chi connectivity index (χ0) is 17.4. The van der Waals surface area contributed by atoms with Crippen molar-refractivity contribution >= 4 is 11.6 Å². The third kappa shape index (κ3) is 4.74. The summed E-state index contributed by atoms with van der Waals surface area (Å²) in [7, 11) is 3.18. The Hall–Kier alpha value is -3.02. The Balaban J connectivity index is 1.89. The highest BCUT2D eigenvalue weighted by Gasteiger charge is 2.06. The van der Waals surface area contributed by atoms with Crippen LogP contribution in [0.4, 0.5) is 0 Å². The fourth-order valence-corrected chi connectivity index (χ4v) is 2.00. The molecule has 1 N–H and O–H groups in total. The van der Waals surface area contributed by atoms with Crippen LogP contribution in [0.1, 0.15) is 12.5 Å². The van der Waals surface area contributed by atoms with E-state index in [0.717, 1.165) is 11.3 Å². The fourth-order valence-electron chi connectivity index (χ4n) is 2.00. The third-order valence-electron chi connectivity index (χ3n) is 3.27. The predicted molar refractivity (Wildman–Crippen MR) is 91.8 cm³/mol. The van der Waals surface area contributed by atoms with Crippen molar-refractivity contribution in [2.45, 2.75) is 6.92 Å². The Morgan fingerprint density at radius 1 is 1.00 bits per heavy atom. The van der Waals surface area contributed by atoms with E-state index >= 15 is 0 Å². The van der Waals surface area contributed by atoms with E-state index in [2.05, 4.69) is 10.5 Å². The van der Waals surface area contributed by atoms with Crippen molar-refractivity contribution in [2.75, 3.05) is 20.8 Å². The number of amides is 1. The van der Waals surface area contributed by atoms with Gasteiger partial charge in [-0.25, -0.2) is 5.43 Å². The van der Waals surface area contributed by atoms with E-state index in [-0.39, 0.29) is 12.5 Å². The number of nitrogens with zero attached hydrogens (tertiary/aromatic N) is 1. The number of rotatable bonds is 7. The van der Waals surface area contributed by atoms with Gasteiger partial charge in [0.2, 0.25) is 0 Å².